The van der Waals surface area contributed by atoms with Gasteiger partial charge >= 0.3 is 5.97 Å². The number of nitrogens with zero attached hydrogens (tertiary/aromatic N) is 1. The van der Waals surface area contributed by atoms with Crippen LogP contribution in [0.15, 0.2) is 16.7 Å². The van der Waals surface area contributed by atoms with Crippen LogP contribution in [0, 0.1) is 0 Å². The lowest BCUT2D eigenvalue weighted by atomic mass is 10.2. The van der Waals surface area contributed by atoms with Gasteiger partial charge in [-0.25, -0.2) is 4.79 Å². The molecule has 0 aliphatic carbocycles. The summed E-state index contributed by atoms with van der Waals surface area (Å²) >= 11 is 0. The second-order valence-electron chi connectivity index (χ2n) is 4.20. The summed E-state index contributed by atoms with van der Waals surface area (Å²) in [7, 11) is 1.57. The number of carboxylic acid groups (broad SMARTS) is 1. The molecule has 1 aromatic rings. The maximum Gasteiger partial charge on any atom is 0.338 e. The van der Waals surface area contributed by atoms with E-state index in [1.54, 1.807) is 12.0 Å². The van der Waals surface area contributed by atoms with Crippen LogP contribution in [0.5, 0.6) is 0 Å². The van der Waals surface area contributed by atoms with Crippen molar-refractivity contribution in [3.63, 3.8) is 0 Å². The van der Waals surface area contributed by atoms with Crippen LogP contribution in [0.1, 0.15) is 20.9 Å². The molecule has 7 nitrogen and oxygen atoms in total. The summed E-state index contributed by atoms with van der Waals surface area (Å²) in [6, 6.07) is 1.23. The van der Waals surface area contributed by atoms with E-state index >= 15 is 0 Å². The predicted molar refractivity (Wildman–Crippen MR) is 63.2 cm³/mol. The molecule has 1 aliphatic rings. The van der Waals surface area contributed by atoms with E-state index < -0.39 is 5.97 Å². The van der Waals surface area contributed by atoms with Gasteiger partial charge in [-0.1, -0.05) is 0 Å². The first-order valence-corrected chi connectivity index (χ1v) is 5.83. The summed E-state index contributed by atoms with van der Waals surface area (Å²) in [5.74, 6) is -1.44. The molecule has 2 rings (SSSR count). The van der Waals surface area contributed by atoms with Crippen LogP contribution < -0.4 is 0 Å². The Hall–Kier alpha value is -1.86. The minimum atomic E-state index is -1.12. The Bertz CT molecular complexity index is 467. The average molecular weight is 269 g/mol. The predicted octanol–water partition coefficient (Wildman–Crippen LogP) is 0.465. The van der Waals surface area contributed by atoms with Crippen LogP contribution in [-0.2, 0) is 9.47 Å². The van der Waals surface area contributed by atoms with Gasteiger partial charge in [0.25, 0.3) is 5.91 Å². The van der Waals surface area contributed by atoms with Gasteiger partial charge in [-0.05, 0) is 0 Å². The fourth-order valence-corrected chi connectivity index (χ4v) is 1.91. The molecular formula is C12H15NO6. The molecule has 1 N–H and O–H groups in total. The van der Waals surface area contributed by atoms with Crippen molar-refractivity contribution >= 4 is 11.9 Å². The zero-order valence-corrected chi connectivity index (χ0v) is 10.5. The third-order valence-electron chi connectivity index (χ3n) is 2.84. The number of amides is 1. The number of hydrogen-bond acceptors (Lipinski definition) is 5. The zero-order chi connectivity index (χ0) is 13.8. The molecule has 1 unspecified atom stereocenters. The minimum absolute atomic E-state index is 0.0236. The highest BCUT2D eigenvalue weighted by Gasteiger charge is 2.27. The van der Waals surface area contributed by atoms with Gasteiger partial charge in [0.2, 0.25) is 0 Å². The molecule has 0 saturated carbocycles. The van der Waals surface area contributed by atoms with Gasteiger partial charge in [0.1, 0.15) is 6.26 Å². The largest absolute Gasteiger partial charge is 0.478 e. The molecule has 1 aromatic heterocycles. The van der Waals surface area contributed by atoms with E-state index in [0.29, 0.717) is 26.3 Å². The van der Waals surface area contributed by atoms with Crippen LogP contribution in [0.3, 0.4) is 0 Å². The van der Waals surface area contributed by atoms with Crippen molar-refractivity contribution in [2.45, 2.75) is 6.10 Å². The molecule has 0 aromatic carbocycles. The molecule has 7 heteroatoms. The number of furan rings is 1. The highest BCUT2D eigenvalue weighted by atomic mass is 16.5. The lowest BCUT2D eigenvalue weighted by Gasteiger charge is -2.32. The third-order valence-corrected chi connectivity index (χ3v) is 2.84. The number of rotatable bonds is 4. The Balaban J connectivity index is 2.03. The van der Waals surface area contributed by atoms with E-state index in [4.69, 9.17) is 19.0 Å². The summed E-state index contributed by atoms with van der Waals surface area (Å²) in [6.07, 6.45) is 0.888. The first-order chi connectivity index (χ1) is 9.11. The molecular weight excluding hydrogens is 254 g/mol. The number of methoxy groups -OCH3 is 1. The summed E-state index contributed by atoms with van der Waals surface area (Å²) in [6.45, 7) is 1.67. The number of carbonyl (C=O) groups is 2. The van der Waals surface area contributed by atoms with Crippen LogP contribution in [0.2, 0.25) is 0 Å². The molecule has 0 radical (unpaired) electrons. The summed E-state index contributed by atoms with van der Waals surface area (Å²) in [4.78, 5) is 24.4. The number of aromatic carboxylic acids is 1. The molecule has 1 saturated heterocycles. The van der Waals surface area contributed by atoms with Gasteiger partial charge in [-0.2, -0.15) is 0 Å². The zero-order valence-electron chi connectivity index (χ0n) is 10.5. The van der Waals surface area contributed by atoms with Crippen molar-refractivity contribution in [2.75, 3.05) is 33.4 Å². The smallest absolute Gasteiger partial charge is 0.338 e. The normalized spacial score (nSPS) is 19.4. The lowest BCUT2D eigenvalue weighted by Crippen LogP contribution is -2.47. The van der Waals surface area contributed by atoms with Crippen LogP contribution in [0.25, 0.3) is 0 Å². The van der Waals surface area contributed by atoms with Crippen LogP contribution in [0.4, 0.5) is 0 Å². The van der Waals surface area contributed by atoms with Gasteiger partial charge in [-0.3, -0.25) is 4.79 Å². The maximum atomic E-state index is 12.1. The molecule has 2 heterocycles. The molecule has 0 spiro atoms. The fraction of sp³-hybridized carbons (Fsp3) is 0.500. The number of hydrogen-bond donors (Lipinski definition) is 1. The second kappa shape index (κ2) is 5.85. The number of carboxylic acids is 1. The van der Waals surface area contributed by atoms with E-state index in [1.165, 1.54) is 6.07 Å². The van der Waals surface area contributed by atoms with E-state index in [9.17, 15) is 9.59 Å². The Kier molecular flexibility index (Phi) is 4.18. The van der Waals surface area contributed by atoms with Gasteiger partial charge in [0, 0.05) is 26.3 Å². The first kappa shape index (κ1) is 13.6. The van der Waals surface area contributed by atoms with Gasteiger partial charge in [0.15, 0.2) is 5.76 Å². The minimum Gasteiger partial charge on any atom is -0.478 e. The summed E-state index contributed by atoms with van der Waals surface area (Å²) in [5.41, 5.74) is -0.0370. The molecule has 1 aliphatic heterocycles. The van der Waals surface area contributed by atoms with Crippen molar-refractivity contribution < 1.29 is 28.6 Å². The SMILES string of the molecule is COCC1CN(C(=O)c2cc(C(=O)O)co2)CCO1. The van der Waals surface area contributed by atoms with Crippen molar-refractivity contribution in [1.82, 2.24) is 4.90 Å². The van der Waals surface area contributed by atoms with Gasteiger partial charge in [-0.15, -0.1) is 0 Å². The molecule has 1 amide bonds. The topological polar surface area (TPSA) is 89.2 Å². The number of carbonyl (C=O) groups excluding carboxylic acids is 1. The highest BCUT2D eigenvalue weighted by molar-refractivity contribution is 5.95. The molecule has 19 heavy (non-hydrogen) atoms. The second-order valence-corrected chi connectivity index (χ2v) is 4.20. The molecule has 104 valence electrons. The standard InChI is InChI=1S/C12H15NO6/c1-17-7-9-5-13(2-3-18-9)11(14)10-4-8(6-19-10)12(15)16/h4,6,9H,2-3,5,7H2,1H3,(H,15,16). The van der Waals surface area contributed by atoms with Gasteiger partial charge in [0.05, 0.1) is 24.9 Å². The van der Waals surface area contributed by atoms with Crippen molar-refractivity contribution in [2.24, 2.45) is 0 Å². The van der Waals surface area contributed by atoms with Crippen LogP contribution in [-0.4, -0.2) is 61.4 Å². The summed E-state index contributed by atoms with van der Waals surface area (Å²) < 4.78 is 15.4. The Morgan fingerprint density at radius 2 is 2.37 bits per heavy atom. The Labute approximate surface area is 109 Å². The fourth-order valence-electron chi connectivity index (χ4n) is 1.91. The first-order valence-electron chi connectivity index (χ1n) is 5.83. The third kappa shape index (κ3) is 3.12. The van der Waals surface area contributed by atoms with Crippen LogP contribution >= 0.6 is 0 Å². The number of morpholine rings is 1. The quantitative estimate of drug-likeness (QED) is 0.854. The van der Waals surface area contributed by atoms with E-state index in [1.807, 2.05) is 0 Å². The Morgan fingerprint density at radius 3 is 3.00 bits per heavy atom. The molecule has 1 fully saturated rings. The van der Waals surface area contributed by atoms with Crippen molar-refractivity contribution in [3.8, 4) is 0 Å². The van der Waals surface area contributed by atoms with E-state index in [0.717, 1.165) is 6.26 Å². The summed E-state index contributed by atoms with van der Waals surface area (Å²) in [5, 5.41) is 8.78. The maximum absolute atomic E-state index is 12.1. The Morgan fingerprint density at radius 1 is 1.58 bits per heavy atom. The van der Waals surface area contributed by atoms with E-state index in [-0.39, 0.29) is 23.3 Å². The molecule has 1 atom stereocenters. The average Bonchev–Trinajstić information content (AvgIpc) is 2.88. The van der Waals surface area contributed by atoms with Crippen molar-refractivity contribution in [1.29, 1.82) is 0 Å². The monoisotopic (exact) mass is 269 g/mol. The lowest BCUT2D eigenvalue weighted by molar-refractivity contribution is -0.0536. The number of ether oxygens (including phenoxy) is 2. The molecule has 0 bridgehead atoms. The van der Waals surface area contributed by atoms with Crippen molar-refractivity contribution in [3.05, 3.63) is 23.7 Å². The highest BCUT2D eigenvalue weighted by Crippen LogP contribution is 2.14. The van der Waals surface area contributed by atoms with Gasteiger partial charge < -0.3 is 23.9 Å². The van der Waals surface area contributed by atoms with E-state index in [2.05, 4.69) is 0 Å².